The van der Waals surface area contributed by atoms with Gasteiger partial charge in [0, 0.05) is 18.1 Å². The topological polar surface area (TPSA) is 41.1 Å². The Kier molecular flexibility index (Phi) is 5.59. The Morgan fingerprint density at radius 2 is 1.65 bits per heavy atom. The lowest BCUT2D eigenvalue weighted by Gasteiger charge is -2.08. The van der Waals surface area contributed by atoms with Gasteiger partial charge in [0.15, 0.2) is 0 Å². The van der Waals surface area contributed by atoms with Crippen molar-refractivity contribution in [2.24, 2.45) is 0 Å². The summed E-state index contributed by atoms with van der Waals surface area (Å²) >= 11 is 6.03. The average molecular weight is 289 g/mol. The Hall–Kier alpha value is -1.84. The molecule has 4 heteroatoms. The van der Waals surface area contributed by atoms with Crippen LogP contribution in [0.4, 0.5) is 0 Å². The summed E-state index contributed by atoms with van der Waals surface area (Å²) in [4.78, 5) is 11.7. The van der Waals surface area contributed by atoms with Crippen molar-refractivity contribution in [1.82, 2.24) is 10.6 Å². The molecule has 0 aliphatic carbocycles. The largest absolute Gasteiger partial charge is 0.351 e. The maximum Gasteiger partial charge on any atom is 0.234 e. The Balaban J connectivity index is 1.70. The minimum absolute atomic E-state index is 0.0409. The maximum atomic E-state index is 11.7. The summed E-state index contributed by atoms with van der Waals surface area (Å²) in [5.74, 6) is -0.0409. The van der Waals surface area contributed by atoms with Crippen LogP contribution in [0.25, 0.3) is 0 Å². The van der Waals surface area contributed by atoms with Crippen molar-refractivity contribution in [3.63, 3.8) is 0 Å². The molecule has 104 valence electrons. The number of amides is 1. The number of carbonyl (C=O) groups is 1. The zero-order chi connectivity index (χ0) is 14.2. The number of nitrogens with one attached hydrogen (secondary N) is 2. The Morgan fingerprint density at radius 1 is 0.950 bits per heavy atom. The van der Waals surface area contributed by atoms with E-state index in [1.807, 2.05) is 54.6 Å². The molecular weight excluding hydrogens is 272 g/mol. The minimum Gasteiger partial charge on any atom is -0.351 e. The highest BCUT2D eigenvalue weighted by atomic mass is 35.5. The fraction of sp³-hybridized carbons (Fsp3) is 0.188. The van der Waals surface area contributed by atoms with Gasteiger partial charge in [-0.2, -0.15) is 0 Å². The van der Waals surface area contributed by atoms with E-state index in [0.29, 0.717) is 24.7 Å². The highest BCUT2D eigenvalue weighted by Crippen LogP contribution is 2.14. The quantitative estimate of drug-likeness (QED) is 0.858. The molecule has 0 aromatic heterocycles. The van der Waals surface area contributed by atoms with Gasteiger partial charge in [0.25, 0.3) is 0 Å². The van der Waals surface area contributed by atoms with Crippen LogP contribution in [0.15, 0.2) is 54.6 Å². The van der Waals surface area contributed by atoms with Crippen molar-refractivity contribution in [2.75, 3.05) is 6.54 Å². The summed E-state index contributed by atoms with van der Waals surface area (Å²) in [7, 11) is 0. The highest BCUT2D eigenvalue weighted by Gasteiger charge is 2.03. The monoisotopic (exact) mass is 288 g/mol. The van der Waals surface area contributed by atoms with Gasteiger partial charge >= 0.3 is 0 Å². The lowest BCUT2D eigenvalue weighted by Crippen LogP contribution is -2.33. The second-order valence-electron chi connectivity index (χ2n) is 4.46. The summed E-state index contributed by atoms with van der Waals surface area (Å²) in [6.07, 6.45) is 0. The maximum absolute atomic E-state index is 11.7. The molecule has 0 spiro atoms. The van der Waals surface area contributed by atoms with E-state index >= 15 is 0 Å². The van der Waals surface area contributed by atoms with Gasteiger partial charge in [-0.15, -0.1) is 0 Å². The van der Waals surface area contributed by atoms with Gasteiger partial charge < -0.3 is 10.6 Å². The Bertz CT molecular complexity index is 557. The van der Waals surface area contributed by atoms with Crippen molar-refractivity contribution in [3.05, 3.63) is 70.7 Å². The lowest BCUT2D eigenvalue weighted by atomic mass is 10.2. The molecule has 2 aromatic carbocycles. The molecule has 0 heterocycles. The number of halogens is 1. The van der Waals surface area contributed by atoms with Gasteiger partial charge in [-0.25, -0.2) is 0 Å². The number of hydrogen-bond donors (Lipinski definition) is 2. The van der Waals surface area contributed by atoms with Gasteiger partial charge in [0.2, 0.25) is 5.91 Å². The highest BCUT2D eigenvalue weighted by molar-refractivity contribution is 6.31. The van der Waals surface area contributed by atoms with Crippen molar-refractivity contribution in [3.8, 4) is 0 Å². The third-order valence-corrected chi connectivity index (χ3v) is 3.26. The molecular formula is C16H17ClN2O. The zero-order valence-corrected chi connectivity index (χ0v) is 11.9. The van der Waals surface area contributed by atoms with Crippen LogP contribution in [0.5, 0.6) is 0 Å². The van der Waals surface area contributed by atoms with Crippen molar-refractivity contribution < 1.29 is 4.79 Å². The van der Waals surface area contributed by atoms with Crippen LogP contribution in [0.3, 0.4) is 0 Å². The second kappa shape index (κ2) is 7.68. The van der Waals surface area contributed by atoms with E-state index in [-0.39, 0.29) is 5.91 Å². The molecule has 2 rings (SSSR count). The molecule has 0 radical (unpaired) electrons. The molecule has 0 saturated carbocycles. The standard InChI is InChI=1S/C16H17ClN2O/c17-15-9-5-4-8-14(15)11-19-16(20)12-18-10-13-6-2-1-3-7-13/h1-9,18H,10-12H2,(H,19,20). The van der Waals surface area contributed by atoms with E-state index in [4.69, 9.17) is 11.6 Å². The summed E-state index contributed by atoms with van der Waals surface area (Å²) in [5, 5.41) is 6.62. The predicted octanol–water partition coefficient (Wildman–Crippen LogP) is 2.75. The normalized spacial score (nSPS) is 10.2. The first-order chi connectivity index (χ1) is 9.75. The van der Waals surface area contributed by atoms with Crippen LogP contribution in [0.2, 0.25) is 5.02 Å². The van der Waals surface area contributed by atoms with Crippen molar-refractivity contribution >= 4 is 17.5 Å². The van der Waals surface area contributed by atoms with Crippen LogP contribution in [-0.4, -0.2) is 12.5 Å². The minimum atomic E-state index is -0.0409. The van der Waals surface area contributed by atoms with E-state index in [1.54, 1.807) is 0 Å². The van der Waals surface area contributed by atoms with Gasteiger partial charge in [-0.1, -0.05) is 60.1 Å². The summed E-state index contributed by atoms with van der Waals surface area (Å²) in [5.41, 5.74) is 2.08. The third kappa shape index (κ3) is 4.68. The number of rotatable bonds is 6. The predicted molar refractivity (Wildman–Crippen MR) is 81.4 cm³/mol. The van der Waals surface area contributed by atoms with Gasteiger partial charge in [0.05, 0.1) is 6.54 Å². The molecule has 0 saturated heterocycles. The smallest absolute Gasteiger partial charge is 0.234 e. The summed E-state index contributed by atoms with van der Waals surface area (Å²) in [6, 6.07) is 17.5. The van der Waals surface area contributed by atoms with E-state index in [2.05, 4.69) is 10.6 Å². The fourth-order valence-electron chi connectivity index (χ4n) is 1.81. The molecule has 2 N–H and O–H groups in total. The van der Waals surface area contributed by atoms with E-state index in [9.17, 15) is 4.79 Å². The number of benzene rings is 2. The molecule has 0 fully saturated rings. The van der Waals surface area contributed by atoms with Gasteiger partial charge in [-0.05, 0) is 17.2 Å². The van der Waals surface area contributed by atoms with E-state index in [1.165, 1.54) is 0 Å². The van der Waals surface area contributed by atoms with Gasteiger partial charge in [-0.3, -0.25) is 4.79 Å². The van der Waals surface area contributed by atoms with E-state index < -0.39 is 0 Å². The molecule has 0 aliphatic heterocycles. The summed E-state index contributed by atoms with van der Waals surface area (Å²) < 4.78 is 0. The molecule has 0 unspecified atom stereocenters. The molecule has 0 bridgehead atoms. The molecule has 0 aliphatic rings. The van der Waals surface area contributed by atoms with E-state index in [0.717, 1.165) is 11.1 Å². The second-order valence-corrected chi connectivity index (χ2v) is 4.86. The Labute approximate surface area is 124 Å². The molecule has 1 amide bonds. The van der Waals surface area contributed by atoms with Crippen molar-refractivity contribution in [1.29, 1.82) is 0 Å². The van der Waals surface area contributed by atoms with Crippen molar-refractivity contribution in [2.45, 2.75) is 13.1 Å². The first-order valence-corrected chi connectivity index (χ1v) is 6.88. The molecule has 2 aromatic rings. The van der Waals surface area contributed by atoms with Crippen LogP contribution < -0.4 is 10.6 Å². The molecule has 3 nitrogen and oxygen atoms in total. The molecule has 0 atom stereocenters. The van der Waals surface area contributed by atoms with Crippen LogP contribution in [0.1, 0.15) is 11.1 Å². The lowest BCUT2D eigenvalue weighted by molar-refractivity contribution is -0.120. The van der Waals surface area contributed by atoms with Crippen LogP contribution >= 0.6 is 11.6 Å². The SMILES string of the molecule is O=C(CNCc1ccccc1)NCc1ccccc1Cl. The average Bonchev–Trinajstić information content (AvgIpc) is 2.47. The first-order valence-electron chi connectivity index (χ1n) is 6.50. The zero-order valence-electron chi connectivity index (χ0n) is 11.1. The summed E-state index contributed by atoms with van der Waals surface area (Å²) in [6.45, 7) is 1.42. The van der Waals surface area contributed by atoms with Crippen LogP contribution in [0, 0.1) is 0 Å². The van der Waals surface area contributed by atoms with Gasteiger partial charge in [0.1, 0.15) is 0 Å². The number of hydrogen-bond acceptors (Lipinski definition) is 2. The fourth-order valence-corrected chi connectivity index (χ4v) is 2.02. The third-order valence-electron chi connectivity index (χ3n) is 2.89. The molecule has 20 heavy (non-hydrogen) atoms. The number of carbonyl (C=O) groups excluding carboxylic acids is 1. The first kappa shape index (κ1) is 14.6. The van der Waals surface area contributed by atoms with Crippen LogP contribution in [-0.2, 0) is 17.9 Å². The Morgan fingerprint density at radius 3 is 2.40 bits per heavy atom.